The SMILES string of the molecule is CC(C)(C)c1ccc(CCc2cccnc2)cc1. The van der Waals surface area contributed by atoms with Crippen molar-refractivity contribution >= 4 is 0 Å². The van der Waals surface area contributed by atoms with Crippen LogP contribution in [-0.2, 0) is 18.3 Å². The lowest BCUT2D eigenvalue weighted by atomic mass is 9.86. The molecule has 0 atom stereocenters. The third kappa shape index (κ3) is 3.43. The van der Waals surface area contributed by atoms with Crippen LogP contribution in [-0.4, -0.2) is 4.98 Å². The number of aryl methyl sites for hydroxylation is 2. The van der Waals surface area contributed by atoms with Gasteiger partial charge in [-0.3, -0.25) is 4.98 Å². The van der Waals surface area contributed by atoms with Crippen molar-refractivity contribution in [3.63, 3.8) is 0 Å². The van der Waals surface area contributed by atoms with Crippen LogP contribution in [0.15, 0.2) is 48.8 Å². The van der Waals surface area contributed by atoms with E-state index in [1.807, 2.05) is 18.5 Å². The summed E-state index contributed by atoms with van der Waals surface area (Å²) in [5.41, 5.74) is 4.33. The van der Waals surface area contributed by atoms with Crippen LogP contribution in [0, 0.1) is 0 Å². The number of aromatic nitrogens is 1. The lowest BCUT2D eigenvalue weighted by Gasteiger charge is -2.19. The maximum absolute atomic E-state index is 4.14. The lowest BCUT2D eigenvalue weighted by molar-refractivity contribution is 0.590. The first-order chi connectivity index (χ1) is 8.55. The summed E-state index contributed by atoms with van der Waals surface area (Å²) < 4.78 is 0. The van der Waals surface area contributed by atoms with Crippen molar-refractivity contribution in [1.29, 1.82) is 0 Å². The molecular formula is C17H21N. The van der Waals surface area contributed by atoms with Gasteiger partial charge in [0.25, 0.3) is 0 Å². The van der Waals surface area contributed by atoms with Gasteiger partial charge in [-0.25, -0.2) is 0 Å². The molecule has 2 aromatic rings. The van der Waals surface area contributed by atoms with Crippen LogP contribution in [0.2, 0.25) is 0 Å². The molecule has 0 spiro atoms. The van der Waals surface area contributed by atoms with Crippen molar-refractivity contribution in [2.24, 2.45) is 0 Å². The number of rotatable bonds is 3. The predicted molar refractivity (Wildman–Crippen MR) is 76.8 cm³/mol. The molecule has 0 saturated heterocycles. The minimum atomic E-state index is 0.238. The maximum Gasteiger partial charge on any atom is 0.0299 e. The van der Waals surface area contributed by atoms with Crippen LogP contribution in [0.4, 0.5) is 0 Å². The van der Waals surface area contributed by atoms with E-state index in [0.29, 0.717) is 0 Å². The second kappa shape index (κ2) is 5.34. The molecule has 1 aromatic heterocycles. The third-order valence-electron chi connectivity index (χ3n) is 3.25. The number of pyridine rings is 1. The average molecular weight is 239 g/mol. The zero-order valence-corrected chi connectivity index (χ0v) is 11.5. The van der Waals surface area contributed by atoms with Crippen LogP contribution in [0.3, 0.4) is 0 Å². The fourth-order valence-electron chi connectivity index (χ4n) is 2.01. The van der Waals surface area contributed by atoms with Crippen LogP contribution in [0.1, 0.15) is 37.5 Å². The highest BCUT2D eigenvalue weighted by Crippen LogP contribution is 2.22. The summed E-state index contributed by atoms with van der Waals surface area (Å²) in [5, 5.41) is 0. The van der Waals surface area contributed by atoms with Gasteiger partial charge in [0.15, 0.2) is 0 Å². The molecule has 18 heavy (non-hydrogen) atoms. The van der Waals surface area contributed by atoms with Crippen LogP contribution < -0.4 is 0 Å². The standard InChI is InChI=1S/C17H21N/c1-17(2,3)16-10-8-14(9-11-16)6-7-15-5-4-12-18-13-15/h4-5,8-13H,6-7H2,1-3H3. The van der Waals surface area contributed by atoms with Gasteiger partial charge < -0.3 is 0 Å². The van der Waals surface area contributed by atoms with Crippen LogP contribution in [0.5, 0.6) is 0 Å². The Kier molecular flexibility index (Phi) is 3.81. The second-order valence-electron chi connectivity index (χ2n) is 5.81. The minimum Gasteiger partial charge on any atom is -0.264 e. The molecule has 0 fully saturated rings. The van der Waals surface area contributed by atoms with E-state index in [1.54, 1.807) is 0 Å². The summed E-state index contributed by atoms with van der Waals surface area (Å²) in [6.07, 6.45) is 5.91. The molecule has 0 aliphatic carbocycles. The molecule has 1 heteroatoms. The quantitative estimate of drug-likeness (QED) is 0.783. The first-order valence-electron chi connectivity index (χ1n) is 6.54. The Balaban J connectivity index is 1.99. The molecule has 94 valence electrons. The smallest absolute Gasteiger partial charge is 0.0299 e. The molecular weight excluding hydrogens is 218 g/mol. The molecule has 2 rings (SSSR count). The maximum atomic E-state index is 4.14. The molecule has 0 unspecified atom stereocenters. The summed E-state index contributed by atoms with van der Waals surface area (Å²) in [7, 11) is 0. The highest BCUT2D eigenvalue weighted by molar-refractivity contribution is 5.28. The molecule has 0 saturated carbocycles. The van der Waals surface area contributed by atoms with Crippen molar-refractivity contribution in [2.75, 3.05) is 0 Å². The van der Waals surface area contributed by atoms with E-state index in [9.17, 15) is 0 Å². The number of benzene rings is 1. The first-order valence-corrected chi connectivity index (χ1v) is 6.54. The summed E-state index contributed by atoms with van der Waals surface area (Å²) in [6.45, 7) is 6.74. The van der Waals surface area contributed by atoms with E-state index in [1.165, 1.54) is 16.7 Å². The van der Waals surface area contributed by atoms with E-state index in [2.05, 4.69) is 56.1 Å². The molecule has 0 aliphatic rings. The molecule has 0 radical (unpaired) electrons. The second-order valence-corrected chi connectivity index (χ2v) is 5.81. The Morgan fingerprint density at radius 3 is 2.11 bits per heavy atom. The van der Waals surface area contributed by atoms with E-state index in [0.717, 1.165) is 12.8 Å². The predicted octanol–water partition coefficient (Wildman–Crippen LogP) is 4.16. The lowest BCUT2D eigenvalue weighted by Crippen LogP contribution is -2.10. The fraction of sp³-hybridized carbons (Fsp3) is 0.353. The first kappa shape index (κ1) is 12.8. The molecule has 0 amide bonds. The van der Waals surface area contributed by atoms with Gasteiger partial charge in [0.05, 0.1) is 0 Å². The van der Waals surface area contributed by atoms with Crippen LogP contribution in [0.25, 0.3) is 0 Å². The normalized spacial score (nSPS) is 11.5. The summed E-state index contributed by atoms with van der Waals surface area (Å²) in [4.78, 5) is 4.14. The van der Waals surface area contributed by atoms with Gasteiger partial charge in [0, 0.05) is 12.4 Å². The third-order valence-corrected chi connectivity index (χ3v) is 3.25. The van der Waals surface area contributed by atoms with Gasteiger partial charge in [0.1, 0.15) is 0 Å². The van der Waals surface area contributed by atoms with Gasteiger partial charge in [-0.1, -0.05) is 51.1 Å². The Bertz CT molecular complexity index is 477. The van der Waals surface area contributed by atoms with E-state index >= 15 is 0 Å². The molecule has 1 nitrogen and oxygen atoms in total. The minimum absolute atomic E-state index is 0.238. The largest absolute Gasteiger partial charge is 0.264 e. The summed E-state index contributed by atoms with van der Waals surface area (Å²) in [6, 6.07) is 13.1. The van der Waals surface area contributed by atoms with Crippen molar-refractivity contribution in [2.45, 2.75) is 39.0 Å². The van der Waals surface area contributed by atoms with E-state index < -0.39 is 0 Å². The number of hydrogen-bond acceptors (Lipinski definition) is 1. The Morgan fingerprint density at radius 2 is 1.56 bits per heavy atom. The highest BCUT2D eigenvalue weighted by atomic mass is 14.6. The molecule has 1 heterocycles. The monoisotopic (exact) mass is 239 g/mol. The Labute approximate surface area is 110 Å². The van der Waals surface area contributed by atoms with Gasteiger partial charge in [0.2, 0.25) is 0 Å². The van der Waals surface area contributed by atoms with Gasteiger partial charge >= 0.3 is 0 Å². The number of hydrogen-bond donors (Lipinski definition) is 0. The highest BCUT2D eigenvalue weighted by Gasteiger charge is 2.12. The fourth-order valence-corrected chi connectivity index (χ4v) is 2.01. The Morgan fingerprint density at radius 1 is 0.889 bits per heavy atom. The van der Waals surface area contributed by atoms with Crippen molar-refractivity contribution < 1.29 is 0 Å². The zero-order chi connectivity index (χ0) is 13.0. The van der Waals surface area contributed by atoms with Crippen molar-refractivity contribution in [3.8, 4) is 0 Å². The molecule has 0 aliphatic heterocycles. The summed E-state index contributed by atoms with van der Waals surface area (Å²) in [5.74, 6) is 0. The van der Waals surface area contributed by atoms with E-state index in [4.69, 9.17) is 0 Å². The molecule has 1 aromatic carbocycles. The summed E-state index contributed by atoms with van der Waals surface area (Å²) >= 11 is 0. The van der Waals surface area contributed by atoms with Crippen molar-refractivity contribution in [3.05, 3.63) is 65.5 Å². The Hall–Kier alpha value is -1.63. The molecule has 0 bridgehead atoms. The molecule has 0 N–H and O–H groups in total. The zero-order valence-electron chi connectivity index (χ0n) is 11.5. The average Bonchev–Trinajstić information content (AvgIpc) is 2.37. The van der Waals surface area contributed by atoms with Crippen LogP contribution >= 0.6 is 0 Å². The number of nitrogens with zero attached hydrogens (tertiary/aromatic N) is 1. The van der Waals surface area contributed by atoms with Gasteiger partial charge in [-0.2, -0.15) is 0 Å². The topological polar surface area (TPSA) is 12.9 Å². The van der Waals surface area contributed by atoms with Gasteiger partial charge in [-0.15, -0.1) is 0 Å². The van der Waals surface area contributed by atoms with Gasteiger partial charge in [-0.05, 0) is 41.0 Å². The van der Waals surface area contributed by atoms with E-state index in [-0.39, 0.29) is 5.41 Å². The van der Waals surface area contributed by atoms with Crippen molar-refractivity contribution in [1.82, 2.24) is 4.98 Å².